The van der Waals surface area contributed by atoms with Gasteiger partial charge in [0, 0.05) is 12.1 Å². The van der Waals surface area contributed by atoms with Crippen LogP contribution in [0.2, 0.25) is 0 Å². The van der Waals surface area contributed by atoms with Crippen molar-refractivity contribution >= 4 is 17.7 Å². The number of nitrogens with one attached hydrogen (secondary N) is 1. The van der Waals surface area contributed by atoms with Crippen LogP contribution in [0.15, 0.2) is 42.5 Å². The van der Waals surface area contributed by atoms with Crippen molar-refractivity contribution in [1.29, 1.82) is 0 Å². The Balaban J connectivity index is 1.68. The van der Waals surface area contributed by atoms with E-state index in [9.17, 15) is 14.4 Å². The summed E-state index contributed by atoms with van der Waals surface area (Å²) in [6.45, 7) is 4.02. The molecule has 1 amide bonds. The van der Waals surface area contributed by atoms with E-state index in [0.29, 0.717) is 29.0 Å². The molecule has 0 bridgehead atoms. The molecule has 0 fully saturated rings. The Kier molecular flexibility index (Phi) is 4.99. The van der Waals surface area contributed by atoms with Gasteiger partial charge in [0.25, 0.3) is 5.91 Å². The first-order valence-corrected chi connectivity index (χ1v) is 8.61. The summed E-state index contributed by atoms with van der Waals surface area (Å²) in [6.07, 6.45) is 0.275. The number of benzene rings is 2. The number of methoxy groups -OCH3 is 1. The van der Waals surface area contributed by atoms with Gasteiger partial charge in [-0.2, -0.15) is 0 Å². The summed E-state index contributed by atoms with van der Waals surface area (Å²) < 4.78 is 10.5. The lowest BCUT2D eigenvalue weighted by Gasteiger charge is -2.31. The van der Waals surface area contributed by atoms with E-state index in [1.807, 2.05) is 13.8 Å². The third-order valence-electron chi connectivity index (χ3n) is 4.34. The number of carbonyl (C=O) groups excluding carboxylic acids is 3. The summed E-state index contributed by atoms with van der Waals surface area (Å²) in [4.78, 5) is 36.2. The molecule has 0 saturated heterocycles. The first-order chi connectivity index (χ1) is 12.8. The van der Waals surface area contributed by atoms with Crippen molar-refractivity contribution in [3.05, 3.63) is 64.7 Å². The van der Waals surface area contributed by atoms with Crippen molar-refractivity contribution in [2.24, 2.45) is 0 Å². The van der Waals surface area contributed by atoms with Crippen LogP contribution in [0.25, 0.3) is 0 Å². The van der Waals surface area contributed by atoms with Gasteiger partial charge in [0.2, 0.25) is 0 Å². The van der Waals surface area contributed by atoms with Crippen molar-refractivity contribution in [2.75, 3.05) is 7.11 Å². The minimum atomic E-state index is -0.537. The molecule has 6 nitrogen and oxygen atoms in total. The van der Waals surface area contributed by atoms with Gasteiger partial charge in [-0.05, 0) is 49.7 Å². The second-order valence-corrected chi connectivity index (χ2v) is 7.04. The molecule has 27 heavy (non-hydrogen) atoms. The standard InChI is InChI=1S/C21H21NO5/c1-21(2)11-17(23)16-10-15(8-9-18(16)27-21)19(24)22-12-13-4-6-14(7-5-13)20(25)26-3/h4-10H,11-12H2,1-3H3,(H,22,24). The number of rotatable bonds is 4. The maximum absolute atomic E-state index is 12.4. The van der Waals surface area contributed by atoms with Gasteiger partial charge in [0.05, 0.1) is 24.7 Å². The van der Waals surface area contributed by atoms with Gasteiger partial charge in [0.1, 0.15) is 11.4 Å². The van der Waals surface area contributed by atoms with Gasteiger partial charge < -0.3 is 14.8 Å². The molecule has 2 aromatic rings. The Morgan fingerprint density at radius 2 is 1.78 bits per heavy atom. The highest BCUT2D eigenvalue weighted by Gasteiger charge is 2.32. The van der Waals surface area contributed by atoms with E-state index in [-0.39, 0.29) is 18.1 Å². The third kappa shape index (κ3) is 4.16. The predicted molar refractivity (Wildman–Crippen MR) is 99.0 cm³/mol. The number of ether oxygens (including phenoxy) is 2. The summed E-state index contributed by atoms with van der Waals surface area (Å²) in [5.74, 6) is -0.220. The summed E-state index contributed by atoms with van der Waals surface area (Å²) in [5, 5.41) is 2.81. The normalized spacial score (nSPS) is 14.7. The maximum Gasteiger partial charge on any atom is 0.337 e. The number of hydrogen-bond donors (Lipinski definition) is 1. The maximum atomic E-state index is 12.4. The molecule has 2 aromatic carbocycles. The Morgan fingerprint density at radius 1 is 1.11 bits per heavy atom. The molecular formula is C21H21NO5. The van der Waals surface area contributed by atoms with Crippen LogP contribution in [0.4, 0.5) is 0 Å². The van der Waals surface area contributed by atoms with Crippen LogP contribution in [0.5, 0.6) is 5.75 Å². The minimum Gasteiger partial charge on any atom is -0.487 e. The average molecular weight is 367 g/mol. The number of carbonyl (C=O) groups is 3. The van der Waals surface area contributed by atoms with Crippen LogP contribution in [0.3, 0.4) is 0 Å². The number of amides is 1. The van der Waals surface area contributed by atoms with Crippen LogP contribution in [-0.4, -0.2) is 30.4 Å². The third-order valence-corrected chi connectivity index (χ3v) is 4.34. The molecule has 6 heteroatoms. The molecule has 0 spiro atoms. The molecule has 140 valence electrons. The van der Waals surface area contributed by atoms with Gasteiger partial charge in [-0.3, -0.25) is 9.59 Å². The van der Waals surface area contributed by atoms with Crippen molar-refractivity contribution in [3.8, 4) is 5.75 Å². The number of hydrogen-bond acceptors (Lipinski definition) is 5. The Bertz CT molecular complexity index is 899. The zero-order valence-corrected chi connectivity index (χ0v) is 15.5. The van der Waals surface area contributed by atoms with Crippen LogP contribution in [-0.2, 0) is 11.3 Å². The van der Waals surface area contributed by atoms with Crippen molar-refractivity contribution < 1.29 is 23.9 Å². The lowest BCUT2D eigenvalue weighted by atomic mass is 9.92. The number of ketones is 1. The highest BCUT2D eigenvalue weighted by atomic mass is 16.5. The van der Waals surface area contributed by atoms with Gasteiger partial charge >= 0.3 is 5.97 Å². The van der Waals surface area contributed by atoms with Gasteiger partial charge in [-0.15, -0.1) is 0 Å². The van der Waals surface area contributed by atoms with Gasteiger partial charge in [0.15, 0.2) is 5.78 Å². The largest absolute Gasteiger partial charge is 0.487 e. The fraction of sp³-hybridized carbons (Fsp3) is 0.286. The fourth-order valence-corrected chi connectivity index (χ4v) is 2.95. The van der Waals surface area contributed by atoms with E-state index in [1.165, 1.54) is 7.11 Å². The van der Waals surface area contributed by atoms with E-state index < -0.39 is 11.6 Å². The van der Waals surface area contributed by atoms with Crippen LogP contribution in [0.1, 0.15) is 56.9 Å². The topological polar surface area (TPSA) is 81.7 Å². The Morgan fingerprint density at radius 3 is 2.44 bits per heavy atom. The second-order valence-electron chi connectivity index (χ2n) is 7.04. The lowest BCUT2D eigenvalue weighted by Crippen LogP contribution is -2.36. The molecule has 0 atom stereocenters. The van der Waals surface area contributed by atoms with E-state index in [2.05, 4.69) is 10.1 Å². The smallest absolute Gasteiger partial charge is 0.337 e. The molecule has 3 rings (SSSR count). The molecule has 1 heterocycles. The van der Waals surface area contributed by atoms with Crippen LogP contribution < -0.4 is 10.1 Å². The van der Waals surface area contributed by atoms with E-state index in [4.69, 9.17) is 4.74 Å². The zero-order valence-electron chi connectivity index (χ0n) is 15.5. The molecule has 1 aliphatic heterocycles. The Labute approximate surface area is 157 Å². The van der Waals surface area contributed by atoms with E-state index in [0.717, 1.165) is 5.56 Å². The zero-order chi connectivity index (χ0) is 19.6. The molecule has 1 aliphatic rings. The lowest BCUT2D eigenvalue weighted by molar-refractivity contribution is 0.0596. The summed E-state index contributed by atoms with van der Waals surface area (Å²) in [7, 11) is 1.33. The average Bonchev–Trinajstić information content (AvgIpc) is 2.64. The van der Waals surface area contributed by atoms with Crippen LogP contribution >= 0.6 is 0 Å². The summed E-state index contributed by atoms with van der Waals surface area (Å²) in [6, 6.07) is 11.7. The highest BCUT2D eigenvalue weighted by molar-refractivity contribution is 6.03. The molecule has 0 aliphatic carbocycles. The van der Waals surface area contributed by atoms with Crippen molar-refractivity contribution in [3.63, 3.8) is 0 Å². The van der Waals surface area contributed by atoms with Gasteiger partial charge in [-0.25, -0.2) is 4.79 Å². The Hall–Kier alpha value is -3.15. The molecule has 0 saturated carbocycles. The highest BCUT2D eigenvalue weighted by Crippen LogP contribution is 2.33. The molecule has 0 unspecified atom stereocenters. The first kappa shape index (κ1) is 18.6. The molecular weight excluding hydrogens is 346 g/mol. The monoisotopic (exact) mass is 367 g/mol. The van der Waals surface area contributed by atoms with Gasteiger partial charge in [-0.1, -0.05) is 12.1 Å². The van der Waals surface area contributed by atoms with E-state index >= 15 is 0 Å². The molecule has 1 N–H and O–H groups in total. The second kappa shape index (κ2) is 7.23. The van der Waals surface area contributed by atoms with Crippen molar-refractivity contribution in [1.82, 2.24) is 5.32 Å². The van der Waals surface area contributed by atoms with Crippen molar-refractivity contribution in [2.45, 2.75) is 32.4 Å². The van der Waals surface area contributed by atoms with E-state index in [1.54, 1.807) is 42.5 Å². The fourth-order valence-electron chi connectivity index (χ4n) is 2.95. The van der Waals surface area contributed by atoms with Crippen LogP contribution in [0, 0.1) is 0 Å². The summed E-state index contributed by atoms with van der Waals surface area (Å²) in [5.41, 5.74) is 1.59. The number of Topliss-reactive ketones (excluding diaryl/α,β-unsaturated/α-hetero) is 1. The summed E-state index contributed by atoms with van der Waals surface area (Å²) >= 11 is 0. The minimum absolute atomic E-state index is 0.0331. The first-order valence-electron chi connectivity index (χ1n) is 8.61. The number of fused-ring (bicyclic) bond motifs is 1. The SMILES string of the molecule is COC(=O)c1ccc(CNC(=O)c2ccc3c(c2)C(=O)CC(C)(C)O3)cc1. The predicted octanol–water partition coefficient (Wildman–Crippen LogP) is 3.15. The quantitative estimate of drug-likeness (QED) is 0.840. The number of esters is 1. The molecule has 0 aromatic heterocycles. The molecule has 0 radical (unpaired) electrons.